The fourth-order valence-corrected chi connectivity index (χ4v) is 1.42. The maximum absolute atomic E-state index is 5.55. The Kier molecular flexibility index (Phi) is 6.76. The first-order valence-electron chi connectivity index (χ1n) is 5.99. The van der Waals surface area contributed by atoms with Gasteiger partial charge in [0.05, 0.1) is 12.7 Å². The van der Waals surface area contributed by atoms with Gasteiger partial charge in [-0.1, -0.05) is 67.6 Å². The van der Waals surface area contributed by atoms with E-state index < -0.39 is 0 Å². The molecule has 0 amide bonds. The summed E-state index contributed by atoms with van der Waals surface area (Å²) in [6.07, 6.45) is 11.1. The van der Waals surface area contributed by atoms with Crippen LogP contribution >= 0.6 is 0 Å². The molecular formula is C16H20O. The van der Waals surface area contributed by atoms with Crippen LogP contribution in [0.2, 0.25) is 0 Å². The third-order valence-corrected chi connectivity index (χ3v) is 2.36. The van der Waals surface area contributed by atoms with E-state index in [1.165, 1.54) is 5.56 Å². The zero-order valence-corrected chi connectivity index (χ0v) is 10.4. The lowest BCUT2D eigenvalue weighted by Crippen LogP contribution is -2.07. The van der Waals surface area contributed by atoms with Gasteiger partial charge < -0.3 is 4.74 Å². The van der Waals surface area contributed by atoms with Gasteiger partial charge >= 0.3 is 0 Å². The average molecular weight is 228 g/mol. The first-order valence-corrected chi connectivity index (χ1v) is 5.99. The summed E-state index contributed by atoms with van der Waals surface area (Å²) in [6.45, 7) is 6.35. The molecule has 0 saturated heterocycles. The quantitative estimate of drug-likeness (QED) is 0.501. The van der Waals surface area contributed by atoms with Crippen LogP contribution in [0.5, 0.6) is 0 Å². The number of hydrogen-bond acceptors (Lipinski definition) is 1. The molecule has 90 valence electrons. The first kappa shape index (κ1) is 13.5. The maximum Gasteiger partial charge on any atom is 0.0760 e. The summed E-state index contributed by atoms with van der Waals surface area (Å²) in [4.78, 5) is 0. The van der Waals surface area contributed by atoms with E-state index in [-0.39, 0.29) is 6.10 Å². The second-order valence-electron chi connectivity index (χ2n) is 3.72. The highest BCUT2D eigenvalue weighted by Crippen LogP contribution is 2.03. The molecule has 0 N–H and O–H groups in total. The molecule has 17 heavy (non-hydrogen) atoms. The first-order chi connectivity index (χ1) is 8.36. The minimum Gasteiger partial charge on any atom is -0.370 e. The summed E-state index contributed by atoms with van der Waals surface area (Å²) in [6, 6.07) is 10.2. The van der Waals surface area contributed by atoms with Gasteiger partial charge in [-0.2, -0.15) is 0 Å². The lowest BCUT2D eigenvalue weighted by molar-refractivity contribution is 0.107. The van der Waals surface area contributed by atoms with Crippen LogP contribution in [0, 0.1) is 0 Å². The lowest BCUT2D eigenvalue weighted by atomic mass is 10.2. The molecule has 0 aliphatic carbocycles. The normalized spacial score (nSPS) is 13.2. The Morgan fingerprint density at radius 1 is 1.24 bits per heavy atom. The SMILES string of the molecule is C=CCO[C@H](/C=C/C=C/c1ccccc1)CC. The van der Waals surface area contributed by atoms with Crippen molar-refractivity contribution in [3.05, 3.63) is 66.8 Å². The van der Waals surface area contributed by atoms with Gasteiger partial charge in [0.15, 0.2) is 0 Å². The number of benzene rings is 1. The van der Waals surface area contributed by atoms with Crippen molar-refractivity contribution in [3.8, 4) is 0 Å². The van der Waals surface area contributed by atoms with Gasteiger partial charge in [0.25, 0.3) is 0 Å². The van der Waals surface area contributed by atoms with Gasteiger partial charge in [-0.3, -0.25) is 0 Å². The molecule has 1 nitrogen and oxygen atoms in total. The predicted molar refractivity (Wildman–Crippen MR) is 74.8 cm³/mol. The summed E-state index contributed by atoms with van der Waals surface area (Å²) in [5.41, 5.74) is 1.21. The summed E-state index contributed by atoms with van der Waals surface area (Å²) >= 11 is 0. The predicted octanol–water partition coefficient (Wildman–Crippen LogP) is 4.24. The molecule has 0 bridgehead atoms. The molecule has 0 radical (unpaired) electrons. The molecule has 1 heteroatoms. The molecule has 0 spiro atoms. The standard InChI is InChI=1S/C16H20O/c1-3-14-17-16(4-2)13-9-8-12-15-10-6-5-7-11-15/h3,5-13,16H,1,4,14H2,2H3/b12-8+,13-9+/t16-/m0/s1. The Morgan fingerprint density at radius 2 is 2.00 bits per heavy atom. The van der Waals surface area contributed by atoms with Gasteiger partial charge in [-0.25, -0.2) is 0 Å². The van der Waals surface area contributed by atoms with Crippen molar-refractivity contribution in [2.75, 3.05) is 6.61 Å². The molecule has 0 unspecified atom stereocenters. The summed E-state index contributed by atoms with van der Waals surface area (Å²) < 4.78 is 5.55. The summed E-state index contributed by atoms with van der Waals surface area (Å²) in [7, 11) is 0. The fraction of sp³-hybridized carbons (Fsp3) is 0.250. The number of allylic oxidation sites excluding steroid dienone is 2. The van der Waals surface area contributed by atoms with Crippen molar-refractivity contribution in [3.63, 3.8) is 0 Å². The largest absolute Gasteiger partial charge is 0.370 e. The summed E-state index contributed by atoms with van der Waals surface area (Å²) in [5.74, 6) is 0. The average Bonchev–Trinajstić information content (AvgIpc) is 2.39. The monoisotopic (exact) mass is 228 g/mol. The molecular weight excluding hydrogens is 208 g/mol. The molecule has 1 rings (SSSR count). The zero-order valence-electron chi connectivity index (χ0n) is 10.4. The Labute approximate surface area is 104 Å². The van der Waals surface area contributed by atoms with Crippen molar-refractivity contribution >= 4 is 6.08 Å². The Hall–Kier alpha value is -1.60. The van der Waals surface area contributed by atoms with Crippen LogP contribution in [-0.4, -0.2) is 12.7 Å². The van der Waals surface area contributed by atoms with E-state index in [9.17, 15) is 0 Å². The van der Waals surface area contributed by atoms with Crippen LogP contribution in [0.25, 0.3) is 6.08 Å². The smallest absolute Gasteiger partial charge is 0.0760 e. The number of rotatable bonds is 7. The zero-order chi connectivity index (χ0) is 12.3. The van der Waals surface area contributed by atoms with E-state index in [0.717, 1.165) is 6.42 Å². The molecule has 1 aromatic carbocycles. The molecule has 0 heterocycles. The molecule has 1 aromatic rings. The minimum atomic E-state index is 0.174. The highest BCUT2D eigenvalue weighted by atomic mass is 16.5. The van der Waals surface area contributed by atoms with Crippen molar-refractivity contribution in [1.82, 2.24) is 0 Å². The van der Waals surface area contributed by atoms with Gasteiger partial charge in [-0.05, 0) is 12.0 Å². The van der Waals surface area contributed by atoms with Crippen LogP contribution in [-0.2, 0) is 4.74 Å². The minimum absolute atomic E-state index is 0.174. The fourth-order valence-electron chi connectivity index (χ4n) is 1.42. The van der Waals surface area contributed by atoms with Crippen molar-refractivity contribution in [1.29, 1.82) is 0 Å². The van der Waals surface area contributed by atoms with Gasteiger partial charge in [0.2, 0.25) is 0 Å². The molecule has 0 fully saturated rings. The molecule has 0 aromatic heterocycles. The van der Waals surface area contributed by atoms with Crippen LogP contribution in [0.3, 0.4) is 0 Å². The van der Waals surface area contributed by atoms with Crippen molar-refractivity contribution in [2.24, 2.45) is 0 Å². The van der Waals surface area contributed by atoms with Gasteiger partial charge in [0, 0.05) is 0 Å². The number of hydrogen-bond donors (Lipinski definition) is 0. The van der Waals surface area contributed by atoms with E-state index in [2.05, 4.69) is 37.8 Å². The maximum atomic E-state index is 5.55. The van der Waals surface area contributed by atoms with E-state index in [1.54, 1.807) is 6.08 Å². The van der Waals surface area contributed by atoms with Gasteiger partial charge in [0.1, 0.15) is 0 Å². The highest BCUT2D eigenvalue weighted by molar-refractivity contribution is 5.50. The van der Waals surface area contributed by atoms with Crippen LogP contribution in [0.15, 0.2) is 61.2 Å². The van der Waals surface area contributed by atoms with E-state index >= 15 is 0 Å². The van der Waals surface area contributed by atoms with Crippen LogP contribution < -0.4 is 0 Å². The molecule has 1 atom stereocenters. The molecule has 0 aliphatic heterocycles. The Balaban J connectivity index is 2.42. The third-order valence-electron chi connectivity index (χ3n) is 2.36. The highest BCUT2D eigenvalue weighted by Gasteiger charge is 1.97. The van der Waals surface area contributed by atoms with Crippen molar-refractivity contribution < 1.29 is 4.74 Å². The van der Waals surface area contributed by atoms with Gasteiger partial charge in [-0.15, -0.1) is 6.58 Å². The van der Waals surface area contributed by atoms with E-state index in [0.29, 0.717) is 6.61 Å². The Morgan fingerprint density at radius 3 is 2.65 bits per heavy atom. The number of ether oxygens (including phenoxy) is 1. The van der Waals surface area contributed by atoms with Crippen molar-refractivity contribution in [2.45, 2.75) is 19.4 Å². The summed E-state index contributed by atoms with van der Waals surface area (Å²) in [5, 5.41) is 0. The topological polar surface area (TPSA) is 9.23 Å². The van der Waals surface area contributed by atoms with E-state index in [1.807, 2.05) is 30.4 Å². The second-order valence-corrected chi connectivity index (χ2v) is 3.72. The van der Waals surface area contributed by atoms with Crippen LogP contribution in [0.4, 0.5) is 0 Å². The third kappa shape index (κ3) is 5.88. The Bertz CT molecular complexity index is 362. The van der Waals surface area contributed by atoms with Crippen LogP contribution in [0.1, 0.15) is 18.9 Å². The lowest BCUT2D eigenvalue weighted by Gasteiger charge is -2.08. The van der Waals surface area contributed by atoms with E-state index in [4.69, 9.17) is 4.74 Å². The molecule has 0 saturated carbocycles. The molecule has 0 aliphatic rings. The second kappa shape index (κ2) is 8.54.